The number of ether oxygens (including phenoxy) is 1. The second-order valence-corrected chi connectivity index (χ2v) is 4.21. The quantitative estimate of drug-likeness (QED) is 0.750. The Morgan fingerprint density at radius 3 is 2.88 bits per heavy atom. The topological polar surface area (TPSA) is 50.3 Å². The second-order valence-electron chi connectivity index (χ2n) is 4.21. The second kappa shape index (κ2) is 3.90. The lowest BCUT2D eigenvalue weighted by atomic mass is 10.2. The predicted molar refractivity (Wildman–Crippen MR) is 62.0 cm³/mol. The third-order valence-corrected chi connectivity index (χ3v) is 3.16. The van der Waals surface area contributed by atoms with Crippen LogP contribution < -0.4 is 10.2 Å². The van der Waals surface area contributed by atoms with E-state index in [1.54, 1.807) is 0 Å². The molecule has 2 aliphatic heterocycles. The Balaban J connectivity index is 1.92. The normalized spacial score (nSPS) is 19.4. The van der Waals surface area contributed by atoms with Crippen LogP contribution in [0, 0.1) is 6.92 Å². The number of aryl methyl sites for hydroxylation is 1. The van der Waals surface area contributed by atoms with Gasteiger partial charge in [0.1, 0.15) is 5.82 Å². The van der Waals surface area contributed by atoms with Crippen LogP contribution in [0.1, 0.15) is 11.3 Å². The number of nitrogens with zero attached hydrogens (tertiary/aromatic N) is 3. The third kappa shape index (κ3) is 1.61. The van der Waals surface area contributed by atoms with Gasteiger partial charge in [-0.2, -0.15) is 4.98 Å². The Labute approximate surface area is 94.8 Å². The van der Waals surface area contributed by atoms with Crippen LogP contribution in [0.5, 0.6) is 0 Å². The average Bonchev–Trinajstić information content (AvgIpc) is 2.79. The lowest BCUT2D eigenvalue weighted by molar-refractivity contribution is 0.122. The van der Waals surface area contributed by atoms with Gasteiger partial charge in [0.15, 0.2) is 0 Å². The minimum atomic E-state index is 0.771. The molecule has 0 saturated carbocycles. The lowest BCUT2D eigenvalue weighted by Gasteiger charge is -2.27. The first kappa shape index (κ1) is 9.84. The Morgan fingerprint density at radius 1 is 1.25 bits per heavy atom. The zero-order chi connectivity index (χ0) is 11.0. The van der Waals surface area contributed by atoms with Gasteiger partial charge in [-0.05, 0) is 13.3 Å². The van der Waals surface area contributed by atoms with Gasteiger partial charge < -0.3 is 15.0 Å². The first-order valence-electron chi connectivity index (χ1n) is 5.78. The van der Waals surface area contributed by atoms with Gasteiger partial charge in [-0.3, -0.25) is 0 Å². The highest BCUT2D eigenvalue weighted by atomic mass is 16.5. The number of nitrogens with one attached hydrogen (secondary N) is 1. The fourth-order valence-electron chi connectivity index (χ4n) is 2.24. The van der Waals surface area contributed by atoms with Crippen molar-refractivity contribution in [1.82, 2.24) is 9.97 Å². The van der Waals surface area contributed by atoms with E-state index in [-0.39, 0.29) is 0 Å². The van der Waals surface area contributed by atoms with Crippen molar-refractivity contribution in [2.45, 2.75) is 13.3 Å². The van der Waals surface area contributed by atoms with Crippen molar-refractivity contribution >= 4 is 11.8 Å². The van der Waals surface area contributed by atoms with E-state index in [4.69, 9.17) is 4.74 Å². The number of aromatic nitrogens is 2. The zero-order valence-corrected chi connectivity index (χ0v) is 9.49. The smallest absolute Gasteiger partial charge is 0.227 e. The third-order valence-electron chi connectivity index (χ3n) is 3.16. The molecule has 1 N–H and O–H groups in total. The fourth-order valence-corrected chi connectivity index (χ4v) is 2.24. The molecule has 1 saturated heterocycles. The molecule has 0 bridgehead atoms. The molecule has 3 heterocycles. The van der Waals surface area contributed by atoms with E-state index >= 15 is 0 Å². The fraction of sp³-hybridized carbons (Fsp3) is 0.636. The highest BCUT2D eigenvalue weighted by Gasteiger charge is 2.20. The van der Waals surface area contributed by atoms with Crippen LogP contribution in [0.3, 0.4) is 0 Å². The van der Waals surface area contributed by atoms with Crippen LogP contribution in [0.15, 0.2) is 0 Å². The largest absolute Gasteiger partial charge is 0.378 e. The van der Waals surface area contributed by atoms with Gasteiger partial charge in [0, 0.05) is 30.9 Å². The molecule has 1 fully saturated rings. The monoisotopic (exact) mass is 220 g/mol. The van der Waals surface area contributed by atoms with E-state index in [1.807, 2.05) is 0 Å². The summed E-state index contributed by atoms with van der Waals surface area (Å²) in [7, 11) is 0. The van der Waals surface area contributed by atoms with E-state index in [1.165, 1.54) is 5.56 Å². The molecule has 16 heavy (non-hydrogen) atoms. The minimum absolute atomic E-state index is 0.771. The minimum Gasteiger partial charge on any atom is -0.378 e. The molecule has 1 aromatic heterocycles. The molecule has 86 valence electrons. The molecule has 0 unspecified atom stereocenters. The Bertz CT molecular complexity index is 401. The number of anilines is 2. The summed E-state index contributed by atoms with van der Waals surface area (Å²) in [5.41, 5.74) is 2.38. The molecule has 5 heteroatoms. The summed E-state index contributed by atoms with van der Waals surface area (Å²) < 4.78 is 5.33. The molecule has 1 aromatic rings. The van der Waals surface area contributed by atoms with Crippen LogP contribution in [0.25, 0.3) is 0 Å². The predicted octanol–water partition coefficient (Wildman–Crippen LogP) is 0.590. The van der Waals surface area contributed by atoms with Gasteiger partial charge in [0.2, 0.25) is 5.95 Å². The molecular weight excluding hydrogens is 204 g/mol. The maximum Gasteiger partial charge on any atom is 0.227 e. The van der Waals surface area contributed by atoms with E-state index in [9.17, 15) is 0 Å². The van der Waals surface area contributed by atoms with E-state index < -0.39 is 0 Å². The Hall–Kier alpha value is -1.36. The van der Waals surface area contributed by atoms with E-state index in [0.29, 0.717) is 0 Å². The van der Waals surface area contributed by atoms with E-state index in [2.05, 4.69) is 27.1 Å². The van der Waals surface area contributed by atoms with Gasteiger partial charge in [0.25, 0.3) is 0 Å². The summed E-state index contributed by atoms with van der Waals surface area (Å²) >= 11 is 0. The standard InChI is InChI=1S/C11H16N4O/c1-8-9-2-3-12-10(9)14-11(13-8)15-4-6-16-7-5-15/h2-7H2,1H3,(H,12,13,14). The van der Waals surface area contributed by atoms with Crippen molar-refractivity contribution in [2.75, 3.05) is 43.1 Å². The first-order chi connectivity index (χ1) is 7.84. The molecule has 0 radical (unpaired) electrons. The van der Waals surface area contributed by atoms with Crippen LogP contribution >= 0.6 is 0 Å². The maximum absolute atomic E-state index is 5.33. The summed E-state index contributed by atoms with van der Waals surface area (Å²) in [6.07, 6.45) is 1.05. The molecule has 0 aromatic carbocycles. The number of rotatable bonds is 1. The molecule has 0 amide bonds. The number of fused-ring (bicyclic) bond motifs is 1. The van der Waals surface area contributed by atoms with Gasteiger partial charge in [0.05, 0.1) is 13.2 Å². The summed E-state index contributed by atoms with van der Waals surface area (Å²) in [5.74, 6) is 1.86. The summed E-state index contributed by atoms with van der Waals surface area (Å²) in [4.78, 5) is 11.4. The van der Waals surface area contributed by atoms with Crippen molar-refractivity contribution in [3.8, 4) is 0 Å². The van der Waals surface area contributed by atoms with Crippen LogP contribution in [-0.4, -0.2) is 42.8 Å². The zero-order valence-electron chi connectivity index (χ0n) is 9.49. The van der Waals surface area contributed by atoms with Crippen molar-refractivity contribution in [3.63, 3.8) is 0 Å². The van der Waals surface area contributed by atoms with Gasteiger partial charge in [-0.1, -0.05) is 0 Å². The molecule has 3 rings (SSSR count). The van der Waals surface area contributed by atoms with Gasteiger partial charge in [-0.25, -0.2) is 4.98 Å². The SMILES string of the molecule is Cc1nc(N2CCOCC2)nc2c1CCN2. The highest BCUT2D eigenvalue weighted by Crippen LogP contribution is 2.25. The number of morpholine rings is 1. The lowest BCUT2D eigenvalue weighted by Crippen LogP contribution is -2.37. The molecule has 0 spiro atoms. The molecular formula is C11H16N4O. The maximum atomic E-state index is 5.33. The highest BCUT2D eigenvalue weighted by molar-refractivity contribution is 5.54. The first-order valence-corrected chi connectivity index (χ1v) is 5.78. The molecule has 5 nitrogen and oxygen atoms in total. The summed E-state index contributed by atoms with van der Waals surface area (Å²) in [6.45, 7) is 6.37. The van der Waals surface area contributed by atoms with Crippen molar-refractivity contribution in [1.29, 1.82) is 0 Å². The Morgan fingerprint density at radius 2 is 2.06 bits per heavy atom. The van der Waals surface area contributed by atoms with Crippen molar-refractivity contribution in [3.05, 3.63) is 11.3 Å². The average molecular weight is 220 g/mol. The molecule has 0 aliphatic carbocycles. The van der Waals surface area contributed by atoms with Gasteiger partial charge >= 0.3 is 0 Å². The van der Waals surface area contributed by atoms with Gasteiger partial charge in [-0.15, -0.1) is 0 Å². The molecule has 2 aliphatic rings. The molecule has 0 atom stereocenters. The Kier molecular flexibility index (Phi) is 2.40. The van der Waals surface area contributed by atoms with Crippen molar-refractivity contribution in [2.24, 2.45) is 0 Å². The number of hydrogen-bond donors (Lipinski definition) is 1. The van der Waals surface area contributed by atoms with Crippen LogP contribution in [-0.2, 0) is 11.2 Å². The number of hydrogen-bond acceptors (Lipinski definition) is 5. The van der Waals surface area contributed by atoms with Crippen LogP contribution in [0.2, 0.25) is 0 Å². The summed E-state index contributed by atoms with van der Waals surface area (Å²) in [6, 6.07) is 0. The summed E-state index contributed by atoms with van der Waals surface area (Å²) in [5, 5.41) is 3.31. The van der Waals surface area contributed by atoms with Crippen LogP contribution in [0.4, 0.5) is 11.8 Å². The van der Waals surface area contributed by atoms with Crippen molar-refractivity contribution < 1.29 is 4.74 Å². The van der Waals surface area contributed by atoms with E-state index in [0.717, 1.165) is 56.7 Å².